The van der Waals surface area contributed by atoms with Gasteiger partial charge < -0.3 is 10.1 Å². The van der Waals surface area contributed by atoms with E-state index >= 15 is 0 Å². The van der Waals surface area contributed by atoms with Crippen LogP contribution in [0.15, 0.2) is 102 Å². The number of anilines is 1. The summed E-state index contributed by atoms with van der Waals surface area (Å²) in [7, 11) is 1.73. The first-order valence-corrected chi connectivity index (χ1v) is 12.4. The molecule has 1 atom stereocenters. The maximum Gasteiger partial charge on any atom is 0.357 e. The summed E-state index contributed by atoms with van der Waals surface area (Å²) in [4.78, 5) is 39.5. The number of carbonyl (C=O) groups excluding carboxylic acids is 2. The van der Waals surface area contributed by atoms with Crippen molar-refractivity contribution in [3.63, 3.8) is 0 Å². The summed E-state index contributed by atoms with van der Waals surface area (Å²) in [6.45, 7) is 3.19. The Balaban J connectivity index is 1.39. The molecular weight excluding hydrogens is 494 g/mol. The Morgan fingerprint density at radius 3 is 2.05 bits per heavy atom. The van der Waals surface area contributed by atoms with Crippen molar-refractivity contribution in [3.05, 3.63) is 119 Å². The SMILES string of the molecule is Cc1c(NC(=O)C(C)OC(=O)c2cc(-c3ccccc3)nn2-c2ccccc2)c(=O)n(-c2ccccc2)n1C. The van der Waals surface area contributed by atoms with Crippen molar-refractivity contribution in [2.24, 2.45) is 7.05 Å². The molecule has 3 aromatic carbocycles. The Morgan fingerprint density at radius 1 is 0.872 bits per heavy atom. The molecule has 9 heteroatoms. The molecule has 0 saturated carbocycles. The third kappa shape index (κ3) is 5.02. The van der Waals surface area contributed by atoms with Crippen LogP contribution in [0, 0.1) is 6.92 Å². The van der Waals surface area contributed by atoms with Crippen molar-refractivity contribution in [2.75, 3.05) is 5.32 Å². The number of para-hydroxylation sites is 2. The lowest BCUT2D eigenvalue weighted by Crippen LogP contribution is -2.32. The van der Waals surface area contributed by atoms with Crippen LogP contribution in [0.4, 0.5) is 5.69 Å². The van der Waals surface area contributed by atoms with Gasteiger partial charge in [0, 0.05) is 12.6 Å². The molecule has 1 unspecified atom stereocenters. The third-order valence-corrected chi connectivity index (χ3v) is 6.44. The summed E-state index contributed by atoms with van der Waals surface area (Å²) >= 11 is 0. The predicted molar refractivity (Wildman–Crippen MR) is 148 cm³/mol. The first-order valence-electron chi connectivity index (χ1n) is 12.4. The molecule has 0 aliphatic rings. The molecule has 196 valence electrons. The van der Waals surface area contributed by atoms with Crippen LogP contribution in [0.25, 0.3) is 22.6 Å². The number of rotatable bonds is 7. The van der Waals surface area contributed by atoms with Gasteiger partial charge in [-0.05, 0) is 44.2 Å². The minimum absolute atomic E-state index is 0.120. The quantitative estimate of drug-likeness (QED) is 0.318. The average molecular weight is 522 g/mol. The van der Waals surface area contributed by atoms with Crippen LogP contribution >= 0.6 is 0 Å². The Labute approximate surface area is 224 Å². The number of nitrogens with one attached hydrogen (secondary N) is 1. The number of nitrogens with zero attached hydrogens (tertiary/aromatic N) is 4. The monoisotopic (exact) mass is 521 g/mol. The Kier molecular flexibility index (Phi) is 6.96. The number of hydrogen-bond donors (Lipinski definition) is 1. The van der Waals surface area contributed by atoms with E-state index in [1.807, 2.05) is 78.9 Å². The Bertz CT molecular complexity index is 1690. The van der Waals surface area contributed by atoms with Gasteiger partial charge in [-0.1, -0.05) is 66.7 Å². The standard InChI is InChI=1S/C30H27N5O4/c1-20-27(29(37)35(33(20)3)24-17-11-6-12-18-24)31-28(36)21(2)39-30(38)26-19-25(22-13-7-4-8-14-22)32-34(26)23-15-9-5-10-16-23/h4-19,21H,1-3H3,(H,31,36). The minimum atomic E-state index is -1.18. The zero-order chi connectivity index (χ0) is 27.5. The van der Waals surface area contributed by atoms with Gasteiger partial charge in [0.1, 0.15) is 5.69 Å². The molecule has 0 bridgehead atoms. The molecule has 0 radical (unpaired) electrons. The van der Waals surface area contributed by atoms with E-state index < -0.39 is 18.0 Å². The molecule has 5 rings (SSSR count). The average Bonchev–Trinajstić information content (AvgIpc) is 3.50. The maximum atomic E-state index is 13.3. The number of carbonyl (C=O) groups is 2. The first kappa shape index (κ1) is 25.5. The van der Waals surface area contributed by atoms with E-state index in [1.165, 1.54) is 16.3 Å². The van der Waals surface area contributed by atoms with E-state index in [0.29, 0.717) is 22.8 Å². The second-order valence-corrected chi connectivity index (χ2v) is 9.00. The van der Waals surface area contributed by atoms with Gasteiger partial charge in [0.2, 0.25) is 0 Å². The fourth-order valence-electron chi connectivity index (χ4n) is 4.25. The predicted octanol–water partition coefficient (Wildman–Crippen LogP) is 4.52. The van der Waals surface area contributed by atoms with Crippen LogP contribution < -0.4 is 10.9 Å². The number of amides is 1. The van der Waals surface area contributed by atoms with Crippen molar-refractivity contribution < 1.29 is 14.3 Å². The molecule has 2 heterocycles. The maximum absolute atomic E-state index is 13.3. The van der Waals surface area contributed by atoms with Gasteiger partial charge in [-0.2, -0.15) is 5.10 Å². The topological polar surface area (TPSA) is 100 Å². The van der Waals surface area contributed by atoms with E-state index in [0.717, 1.165) is 5.56 Å². The van der Waals surface area contributed by atoms with Crippen LogP contribution in [0.1, 0.15) is 23.1 Å². The third-order valence-electron chi connectivity index (χ3n) is 6.44. The Morgan fingerprint density at radius 2 is 1.44 bits per heavy atom. The molecule has 0 fully saturated rings. The number of ether oxygens (including phenoxy) is 1. The van der Waals surface area contributed by atoms with E-state index in [2.05, 4.69) is 10.4 Å². The smallest absolute Gasteiger partial charge is 0.357 e. The van der Waals surface area contributed by atoms with Crippen LogP contribution in [-0.2, 0) is 16.6 Å². The molecule has 0 spiro atoms. The molecule has 9 nitrogen and oxygen atoms in total. The van der Waals surface area contributed by atoms with Crippen LogP contribution in [0.2, 0.25) is 0 Å². The van der Waals surface area contributed by atoms with Gasteiger partial charge in [-0.3, -0.25) is 14.3 Å². The highest BCUT2D eigenvalue weighted by atomic mass is 16.5. The molecule has 0 saturated heterocycles. The normalized spacial score (nSPS) is 11.7. The highest BCUT2D eigenvalue weighted by Gasteiger charge is 2.26. The molecule has 2 aromatic heterocycles. The largest absolute Gasteiger partial charge is 0.448 e. The highest BCUT2D eigenvalue weighted by molar-refractivity contribution is 5.97. The summed E-state index contributed by atoms with van der Waals surface area (Å²) in [5.74, 6) is -1.34. The van der Waals surface area contributed by atoms with Gasteiger partial charge in [-0.15, -0.1) is 0 Å². The van der Waals surface area contributed by atoms with Crippen LogP contribution in [0.3, 0.4) is 0 Å². The van der Waals surface area contributed by atoms with Crippen molar-refractivity contribution in [1.29, 1.82) is 0 Å². The van der Waals surface area contributed by atoms with Crippen molar-refractivity contribution in [2.45, 2.75) is 20.0 Å². The lowest BCUT2D eigenvalue weighted by Gasteiger charge is -2.13. The molecule has 39 heavy (non-hydrogen) atoms. The summed E-state index contributed by atoms with van der Waals surface area (Å²) in [5, 5.41) is 7.28. The van der Waals surface area contributed by atoms with Crippen molar-refractivity contribution in [1.82, 2.24) is 19.1 Å². The summed E-state index contributed by atoms with van der Waals surface area (Å²) < 4.78 is 10.2. The van der Waals surface area contributed by atoms with E-state index in [1.54, 1.807) is 36.9 Å². The first-order chi connectivity index (χ1) is 18.8. The van der Waals surface area contributed by atoms with E-state index in [9.17, 15) is 14.4 Å². The molecule has 1 amide bonds. The molecular formula is C30H27N5O4. The number of benzene rings is 3. The number of hydrogen-bond acceptors (Lipinski definition) is 5. The zero-order valence-electron chi connectivity index (χ0n) is 21.7. The van der Waals surface area contributed by atoms with E-state index in [-0.39, 0.29) is 16.9 Å². The van der Waals surface area contributed by atoms with Gasteiger partial charge in [0.25, 0.3) is 11.5 Å². The number of aromatic nitrogens is 4. The summed E-state index contributed by atoms with van der Waals surface area (Å²) in [6.07, 6.45) is -1.18. The Hall–Kier alpha value is -5.18. The second kappa shape index (κ2) is 10.7. The minimum Gasteiger partial charge on any atom is -0.448 e. The van der Waals surface area contributed by atoms with Crippen LogP contribution in [0.5, 0.6) is 0 Å². The second-order valence-electron chi connectivity index (χ2n) is 9.00. The highest BCUT2D eigenvalue weighted by Crippen LogP contribution is 2.23. The van der Waals surface area contributed by atoms with Gasteiger partial charge >= 0.3 is 5.97 Å². The molecule has 0 aliphatic carbocycles. The van der Waals surface area contributed by atoms with Crippen molar-refractivity contribution in [3.8, 4) is 22.6 Å². The van der Waals surface area contributed by atoms with Crippen LogP contribution in [-0.4, -0.2) is 37.1 Å². The summed E-state index contributed by atoms with van der Waals surface area (Å²) in [5.41, 5.74) is 3.22. The fraction of sp³-hybridized carbons (Fsp3) is 0.133. The molecule has 0 aliphatic heterocycles. The van der Waals surface area contributed by atoms with Gasteiger partial charge in [0.15, 0.2) is 11.8 Å². The van der Waals surface area contributed by atoms with Crippen molar-refractivity contribution >= 4 is 17.6 Å². The summed E-state index contributed by atoms with van der Waals surface area (Å²) in [6, 6.07) is 29.4. The zero-order valence-corrected chi connectivity index (χ0v) is 21.7. The lowest BCUT2D eigenvalue weighted by atomic mass is 10.1. The fourth-order valence-corrected chi connectivity index (χ4v) is 4.25. The molecule has 1 N–H and O–H groups in total. The molecule has 5 aromatic rings. The lowest BCUT2D eigenvalue weighted by molar-refractivity contribution is -0.123. The van der Waals surface area contributed by atoms with Gasteiger partial charge in [-0.25, -0.2) is 14.2 Å². The number of esters is 1. The van der Waals surface area contributed by atoms with E-state index in [4.69, 9.17) is 4.74 Å². The van der Waals surface area contributed by atoms with Gasteiger partial charge in [0.05, 0.1) is 22.8 Å².